The van der Waals surface area contributed by atoms with Crippen LogP contribution in [-0.4, -0.2) is 17.9 Å². The van der Waals surface area contributed by atoms with Gasteiger partial charge >= 0.3 is 6.18 Å². The van der Waals surface area contributed by atoms with Gasteiger partial charge in [0.05, 0.1) is 10.6 Å². The predicted octanol–water partition coefficient (Wildman–Crippen LogP) is 6.41. The van der Waals surface area contributed by atoms with Gasteiger partial charge in [-0.05, 0) is 36.8 Å². The molecule has 1 aliphatic heterocycles. The number of carbonyl (C=O) groups excluding carboxylic acids is 1. The lowest BCUT2D eigenvalue weighted by Crippen LogP contribution is -2.61. The van der Waals surface area contributed by atoms with Crippen molar-refractivity contribution in [2.45, 2.75) is 37.9 Å². The van der Waals surface area contributed by atoms with E-state index >= 15 is 4.39 Å². The number of carbonyl (C=O) groups is 1. The summed E-state index contributed by atoms with van der Waals surface area (Å²) in [6.45, 7) is 4.72. The number of likely N-dealkylation sites (N-methyl/N-ethyl adjacent to an activating group) is 1. The van der Waals surface area contributed by atoms with Crippen LogP contribution in [0.5, 0.6) is 0 Å². The molecule has 0 saturated heterocycles. The molecule has 0 aliphatic carbocycles. The first kappa shape index (κ1) is 24.9. The Labute approximate surface area is 203 Å². The number of hydrogen-bond acceptors (Lipinski definition) is 3. The third-order valence-corrected chi connectivity index (χ3v) is 6.80. The summed E-state index contributed by atoms with van der Waals surface area (Å²) in [5, 5.41) is 2.08. The average molecular weight is 510 g/mol. The van der Waals surface area contributed by atoms with Gasteiger partial charge in [-0.3, -0.25) is 4.79 Å². The van der Waals surface area contributed by atoms with Crippen molar-refractivity contribution in [1.82, 2.24) is 10.3 Å². The molecule has 0 spiro atoms. The summed E-state index contributed by atoms with van der Waals surface area (Å²) in [5.74, 6) is -3.08. The number of halogens is 6. The van der Waals surface area contributed by atoms with Crippen molar-refractivity contribution in [2.75, 3.05) is 11.9 Å². The predicted molar refractivity (Wildman–Crippen MR) is 123 cm³/mol. The Morgan fingerprint density at radius 2 is 1.69 bits per heavy atom. The number of rotatable bonds is 3. The number of anilines is 2. The van der Waals surface area contributed by atoms with Crippen molar-refractivity contribution in [3.63, 3.8) is 0 Å². The van der Waals surface area contributed by atoms with Gasteiger partial charge in [-0.25, -0.2) is 13.8 Å². The lowest BCUT2D eigenvalue weighted by molar-refractivity contribution is -0.137. The maximum Gasteiger partial charge on any atom is 0.416 e. The summed E-state index contributed by atoms with van der Waals surface area (Å²) in [7, 11) is 1.33. The van der Waals surface area contributed by atoms with E-state index in [9.17, 15) is 22.4 Å². The van der Waals surface area contributed by atoms with Crippen LogP contribution in [0, 0.1) is 18.6 Å². The number of nitrogens with zero attached hydrogens (tertiary/aromatic N) is 2. The fourth-order valence-electron chi connectivity index (χ4n) is 5.02. The minimum absolute atomic E-state index is 0.0421. The number of benzene rings is 2. The zero-order valence-electron chi connectivity index (χ0n) is 19.2. The smallest absolute Gasteiger partial charge is 0.357 e. The van der Waals surface area contributed by atoms with Crippen LogP contribution < -0.4 is 10.2 Å². The van der Waals surface area contributed by atoms with Gasteiger partial charge in [-0.1, -0.05) is 43.6 Å². The van der Waals surface area contributed by atoms with Gasteiger partial charge in [0.1, 0.15) is 17.5 Å². The van der Waals surface area contributed by atoms with Gasteiger partial charge in [0.15, 0.2) is 5.54 Å². The summed E-state index contributed by atoms with van der Waals surface area (Å²) in [4.78, 5) is 19.4. The van der Waals surface area contributed by atoms with E-state index in [2.05, 4.69) is 10.3 Å². The Morgan fingerprint density at radius 1 is 1.03 bits per heavy atom. The Hall–Kier alpha value is -3.20. The fraction of sp³-hybridized carbons (Fsp3) is 0.280. The standard InChI is InChI=1S/C25H21ClF5N3O/c1-13-9-14(25(29,30)31)10-21(33-13)34-20-8-6-5-7-15(20)23(2,3)24(34,22(35)32-4)16-11-17(26)19(28)12-18(16)27/h5-12H,1-4H3,(H,32,35). The first-order valence-electron chi connectivity index (χ1n) is 10.6. The molecule has 0 saturated carbocycles. The second kappa shape index (κ2) is 8.19. The molecule has 4 rings (SSSR count). The molecule has 2 heterocycles. The highest BCUT2D eigenvalue weighted by molar-refractivity contribution is 6.30. The molecule has 1 aliphatic rings. The van der Waals surface area contributed by atoms with Crippen LogP contribution in [0.3, 0.4) is 0 Å². The Morgan fingerprint density at radius 3 is 2.31 bits per heavy atom. The van der Waals surface area contributed by atoms with Gasteiger partial charge in [0.2, 0.25) is 0 Å². The second-order valence-electron chi connectivity index (χ2n) is 8.87. The first-order valence-corrected chi connectivity index (χ1v) is 11.0. The van der Waals surface area contributed by atoms with E-state index in [1.165, 1.54) is 18.9 Å². The molecule has 35 heavy (non-hydrogen) atoms. The Bertz CT molecular complexity index is 1340. The van der Waals surface area contributed by atoms with Crippen LogP contribution >= 0.6 is 11.6 Å². The Kier molecular flexibility index (Phi) is 5.83. The highest BCUT2D eigenvalue weighted by Gasteiger charge is 2.64. The van der Waals surface area contributed by atoms with Crippen LogP contribution in [0.15, 0.2) is 48.5 Å². The molecule has 1 aromatic heterocycles. The Balaban J connectivity index is 2.19. The lowest BCUT2D eigenvalue weighted by atomic mass is 9.65. The average Bonchev–Trinajstić information content (AvgIpc) is 2.99. The summed E-state index contributed by atoms with van der Waals surface area (Å²) in [6, 6.07) is 9.93. The highest BCUT2D eigenvalue weighted by Crippen LogP contribution is 2.60. The van der Waals surface area contributed by atoms with Crippen LogP contribution in [0.1, 0.15) is 36.2 Å². The van der Waals surface area contributed by atoms with E-state index < -0.39 is 45.3 Å². The van der Waals surface area contributed by atoms with E-state index in [1.54, 1.807) is 38.1 Å². The van der Waals surface area contributed by atoms with Gasteiger partial charge in [0, 0.05) is 35.5 Å². The summed E-state index contributed by atoms with van der Waals surface area (Å²) < 4.78 is 70.9. The van der Waals surface area contributed by atoms with Crippen LogP contribution in [0.2, 0.25) is 5.02 Å². The SMILES string of the molecule is CNC(=O)C1(c2cc(Cl)c(F)cc2F)N(c2cc(C(F)(F)F)cc(C)n2)c2ccccc2C1(C)C. The molecule has 3 aromatic rings. The number of para-hydroxylation sites is 1. The highest BCUT2D eigenvalue weighted by atomic mass is 35.5. The number of nitrogens with one attached hydrogen (secondary N) is 1. The molecule has 1 atom stereocenters. The maximum absolute atomic E-state index is 15.5. The topological polar surface area (TPSA) is 45.2 Å². The van der Waals surface area contributed by atoms with Crippen molar-refractivity contribution >= 4 is 29.0 Å². The largest absolute Gasteiger partial charge is 0.416 e. The molecule has 0 fully saturated rings. The minimum atomic E-state index is -4.70. The van der Waals surface area contributed by atoms with Crippen LogP contribution in [0.4, 0.5) is 33.5 Å². The number of amides is 1. The number of fused-ring (bicyclic) bond motifs is 1. The maximum atomic E-state index is 15.5. The van der Waals surface area contributed by atoms with E-state index in [0.29, 0.717) is 17.3 Å². The molecule has 1 unspecified atom stereocenters. The van der Waals surface area contributed by atoms with E-state index in [0.717, 1.165) is 18.2 Å². The molecule has 2 aromatic carbocycles. The van der Waals surface area contributed by atoms with Crippen LogP contribution in [0.25, 0.3) is 0 Å². The monoisotopic (exact) mass is 509 g/mol. The number of pyridine rings is 1. The lowest BCUT2D eigenvalue weighted by Gasteiger charge is -2.46. The first-order chi connectivity index (χ1) is 16.3. The number of aromatic nitrogens is 1. The zero-order chi connectivity index (χ0) is 25.9. The molecule has 184 valence electrons. The van der Waals surface area contributed by atoms with Crippen LogP contribution in [-0.2, 0) is 21.9 Å². The molecule has 0 radical (unpaired) electrons. The summed E-state index contributed by atoms with van der Waals surface area (Å²) in [6.07, 6.45) is -4.70. The molecule has 10 heteroatoms. The van der Waals surface area contributed by atoms with Gasteiger partial charge < -0.3 is 10.2 Å². The van der Waals surface area contributed by atoms with Gasteiger partial charge in [-0.15, -0.1) is 0 Å². The zero-order valence-corrected chi connectivity index (χ0v) is 19.9. The van der Waals surface area contributed by atoms with Gasteiger partial charge in [-0.2, -0.15) is 13.2 Å². The molecule has 4 nitrogen and oxygen atoms in total. The summed E-state index contributed by atoms with van der Waals surface area (Å²) >= 11 is 6.03. The van der Waals surface area contributed by atoms with Crippen molar-refractivity contribution in [3.8, 4) is 0 Å². The molecule has 1 N–H and O–H groups in total. The van der Waals surface area contributed by atoms with Crippen molar-refractivity contribution < 1.29 is 26.7 Å². The molecule has 1 amide bonds. The normalized spacial score (nSPS) is 19.0. The third-order valence-electron chi connectivity index (χ3n) is 6.51. The quantitative estimate of drug-likeness (QED) is 0.328. The fourth-order valence-corrected chi connectivity index (χ4v) is 5.19. The van der Waals surface area contributed by atoms with E-state index in [-0.39, 0.29) is 17.1 Å². The van der Waals surface area contributed by atoms with E-state index in [1.807, 2.05) is 0 Å². The van der Waals surface area contributed by atoms with Crippen molar-refractivity contribution in [2.24, 2.45) is 0 Å². The number of aryl methyl sites for hydroxylation is 1. The minimum Gasteiger partial charge on any atom is -0.357 e. The number of hydrogen-bond donors (Lipinski definition) is 1. The van der Waals surface area contributed by atoms with Gasteiger partial charge in [0.25, 0.3) is 5.91 Å². The summed E-state index contributed by atoms with van der Waals surface area (Å²) in [5.41, 5.74) is -3.59. The number of alkyl halides is 3. The van der Waals surface area contributed by atoms with E-state index in [4.69, 9.17) is 11.6 Å². The van der Waals surface area contributed by atoms with Crippen molar-refractivity contribution in [3.05, 3.63) is 87.6 Å². The third kappa shape index (κ3) is 3.55. The second-order valence-corrected chi connectivity index (χ2v) is 9.27. The van der Waals surface area contributed by atoms with Crippen molar-refractivity contribution in [1.29, 1.82) is 0 Å². The molecule has 0 bridgehead atoms. The molecular weight excluding hydrogens is 489 g/mol. The molecular formula is C25H21ClF5N3O.